The second kappa shape index (κ2) is 11.9. The van der Waals surface area contributed by atoms with Crippen molar-refractivity contribution in [2.75, 3.05) is 47.1 Å². The maximum atomic E-state index is 5.82. The molecule has 1 aromatic rings. The summed E-state index contributed by atoms with van der Waals surface area (Å²) in [5.41, 5.74) is 2.67. The van der Waals surface area contributed by atoms with Gasteiger partial charge in [0, 0.05) is 53.6 Å². The summed E-state index contributed by atoms with van der Waals surface area (Å²) in [5, 5.41) is 3.43. The van der Waals surface area contributed by atoms with Crippen LogP contribution in [0.25, 0.3) is 0 Å². The van der Waals surface area contributed by atoms with Crippen molar-refractivity contribution in [3.63, 3.8) is 0 Å². The van der Waals surface area contributed by atoms with Crippen molar-refractivity contribution in [3.05, 3.63) is 35.4 Å². The van der Waals surface area contributed by atoms with E-state index < -0.39 is 0 Å². The summed E-state index contributed by atoms with van der Waals surface area (Å²) < 4.78 is 11.2. The zero-order valence-corrected chi connectivity index (χ0v) is 16.7. The molecule has 1 heterocycles. The standard InChI is InChI=1S/C21H35N3O2/c1-4-18-6-8-19(9-7-18)16-24(3)21(22-2)23-12-5-13-26-17-20-10-14-25-15-11-20/h6-9,20H,4-5,10-17H2,1-3H3,(H,22,23). The molecule has 1 aliphatic rings. The Morgan fingerprint density at radius 2 is 1.92 bits per heavy atom. The van der Waals surface area contributed by atoms with E-state index in [1.807, 2.05) is 7.05 Å². The lowest BCUT2D eigenvalue weighted by Crippen LogP contribution is -2.39. The second-order valence-electron chi connectivity index (χ2n) is 6.98. The third kappa shape index (κ3) is 7.34. The molecule has 0 radical (unpaired) electrons. The fourth-order valence-electron chi connectivity index (χ4n) is 3.15. The second-order valence-corrected chi connectivity index (χ2v) is 6.98. The van der Waals surface area contributed by atoms with Crippen molar-refractivity contribution >= 4 is 5.96 Å². The average Bonchev–Trinajstić information content (AvgIpc) is 2.68. The van der Waals surface area contributed by atoms with Crippen LogP contribution in [0.15, 0.2) is 29.3 Å². The number of nitrogens with one attached hydrogen (secondary N) is 1. The summed E-state index contributed by atoms with van der Waals surface area (Å²) in [4.78, 5) is 6.54. The SMILES string of the molecule is CCc1ccc(CN(C)C(=NC)NCCCOCC2CCOCC2)cc1. The molecular formula is C21H35N3O2. The van der Waals surface area contributed by atoms with E-state index in [0.717, 1.165) is 71.2 Å². The molecule has 5 nitrogen and oxygen atoms in total. The van der Waals surface area contributed by atoms with E-state index in [9.17, 15) is 0 Å². The summed E-state index contributed by atoms with van der Waals surface area (Å²) in [7, 11) is 3.91. The van der Waals surface area contributed by atoms with Crippen LogP contribution in [0.2, 0.25) is 0 Å². The Balaban J connectivity index is 1.61. The fraction of sp³-hybridized carbons (Fsp3) is 0.667. The van der Waals surface area contributed by atoms with Gasteiger partial charge in [0.2, 0.25) is 0 Å². The van der Waals surface area contributed by atoms with E-state index in [1.54, 1.807) is 0 Å². The molecule has 0 bridgehead atoms. The van der Waals surface area contributed by atoms with Crippen LogP contribution < -0.4 is 5.32 Å². The molecule has 0 aliphatic carbocycles. The summed E-state index contributed by atoms with van der Waals surface area (Å²) in [6, 6.07) is 8.81. The number of ether oxygens (including phenoxy) is 2. The average molecular weight is 362 g/mol. The maximum Gasteiger partial charge on any atom is 0.193 e. The molecule has 1 saturated heterocycles. The topological polar surface area (TPSA) is 46.1 Å². The van der Waals surface area contributed by atoms with E-state index in [4.69, 9.17) is 9.47 Å². The molecule has 0 spiro atoms. The van der Waals surface area contributed by atoms with Crippen molar-refractivity contribution in [1.82, 2.24) is 10.2 Å². The van der Waals surface area contributed by atoms with Gasteiger partial charge in [-0.2, -0.15) is 0 Å². The Hall–Kier alpha value is -1.59. The van der Waals surface area contributed by atoms with Gasteiger partial charge in [-0.05, 0) is 42.7 Å². The molecule has 146 valence electrons. The molecule has 2 rings (SSSR count). The van der Waals surface area contributed by atoms with E-state index in [2.05, 4.69) is 53.4 Å². The van der Waals surface area contributed by atoms with Crippen molar-refractivity contribution in [3.8, 4) is 0 Å². The number of hydrogen-bond donors (Lipinski definition) is 1. The smallest absolute Gasteiger partial charge is 0.193 e. The van der Waals surface area contributed by atoms with Crippen molar-refractivity contribution in [2.45, 2.75) is 39.2 Å². The van der Waals surface area contributed by atoms with Gasteiger partial charge in [0.25, 0.3) is 0 Å². The minimum absolute atomic E-state index is 0.676. The molecule has 0 amide bonds. The zero-order chi connectivity index (χ0) is 18.6. The summed E-state index contributed by atoms with van der Waals surface area (Å²) in [5.74, 6) is 1.60. The summed E-state index contributed by atoms with van der Waals surface area (Å²) in [6.45, 7) is 7.35. The van der Waals surface area contributed by atoms with Gasteiger partial charge >= 0.3 is 0 Å². The molecule has 0 unspecified atom stereocenters. The van der Waals surface area contributed by atoms with E-state index in [-0.39, 0.29) is 0 Å². The van der Waals surface area contributed by atoms with Gasteiger partial charge in [-0.25, -0.2) is 0 Å². The predicted molar refractivity (Wildman–Crippen MR) is 108 cm³/mol. The first-order valence-corrected chi connectivity index (χ1v) is 9.88. The Labute approximate surface area is 158 Å². The van der Waals surface area contributed by atoms with Crippen LogP contribution in [0.3, 0.4) is 0 Å². The molecule has 1 aromatic carbocycles. The largest absolute Gasteiger partial charge is 0.381 e. The molecule has 1 fully saturated rings. The van der Waals surface area contributed by atoms with E-state index in [1.165, 1.54) is 11.1 Å². The Morgan fingerprint density at radius 1 is 1.23 bits per heavy atom. The number of aliphatic imine (C=N–C) groups is 1. The predicted octanol–water partition coefficient (Wildman–Crippen LogP) is 3.09. The van der Waals surface area contributed by atoms with Gasteiger partial charge in [0.1, 0.15) is 0 Å². The first kappa shape index (κ1) is 20.7. The number of aryl methyl sites for hydroxylation is 1. The third-order valence-corrected chi connectivity index (χ3v) is 4.87. The van der Waals surface area contributed by atoms with Crippen molar-refractivity contribution in [1.29, 1.82) is 0 Å². The Kier molecular flexibility index (Phi) is 9.50. The quantitative estimate of drug-likeness (QED) is 0.417. The molecular weight excluding hydrogens is 326 g/mol. The van der Waals surface area contributed by atoms with Crippen LogP contribution in [0.1, 0.15) is 37.3 Å². The number of benzene rings is 1. The van der Waals surface area contributed by atoms with Gasteiger partial charge in [-0.3, -0.25) is 4.99 Å². The maximum absolute atomic E-state index is 5.82. The lowest BCUT2D eigenvalue weighted by atomic mass is 10.0. The van der Waals surface area contributed by atoms with Crippen molar-refractivity contribution < 1.29 is 9.47 Å². The van der Waals surface area contributed by atoms with Crippen molar-refractivity contribution in [2.24, 2.45) is 10.9 Å². The minimum Gasteiger partial charge on any atom is -0.381 e. The molecule has 26 heavy (non-hydrogen) atoms. The Morgan fingerprint density at radius 3 is 2.58 bits per heavy atom. The van der Waals surface area contributed by atoms with Crippen LogP contribution in [-0.4, -0.2) is 57.9 Å². The number of guanidine groups is 1. The fourth-order valence-corrected chi connectivity index (χ4v) is 3.15. The monoisotopic (exact) mass is 361 g/mol. The number of nitrogens with zero attached hydrogens (tertiary/aromatic N) is 2. The minimum atomic E-state index is 0.676. The molecule has 5 heteroatoms. The van der Waals surface area contributed by atoms with E-state index in [0.29, 0.717) is 5.92 Å². The normalized spacial score (nSPS) is 15.9. The summed E-state index contributed by atoms with van der Waals surface area (Å²) in [6.07, 6.45) is 4.33. The molecule has 1 aliphatic heterocycles. The molecule has 0 saturated carbocycles. The Bertz CT molecular complexity index is 525. The number of hydrogen-bond acceptors (Lipinski definition) is 3. The van der Waals surface area contributed by atoms with Gasteiger partial charge in [-0.1, -0.05) is 31.2 Å². The third-order valence-electron chi connectivity index (χ3n) is 4.87. The lowest BCUT2D eigenvalue weighted by molar-refractivity contribution is 0.0203. The van der Waals surface area contributed by atoms with Crippen LogP contribution in [-0.2, 0) is 22.4 Å². The highest BCUT2D eigenvalue weighted by molar-refractivity contribution is 5.79. The molecule has 0 atom stereocenters. The highest BCUT2D eigenvalue weighted by atomic mass is 16.5. The highest BCUT2D eigenvalue weighted by Gasteiger charge is 2.13. The molecule has 0 aromatic heterocycles. The highest BCUT2D eigenvalue weighted by Crippen LogP contribution is 2.14. The van der Waals surface area contributed by atoms with Gasteiger partial charge in [-0.15, -0.1) is 0 Å². The zero-order valence-electron chi connectivity index (χ0n) is 16.7. The van der Waals surface area contributed by atoms with Crippen LogP contribution in [0, 0.1) is 5.92 Å². The first-order chi connectivity index (χ1) is 12.7. The van der Waals surface area contributed by atoms with Crippen LogP contribution >= 0.6 is 0 Å². The first-order valence-electron chi connectivity index (χ1n) is 9.88. The number of rotatable bonds is 9. The van der Waals surface area contributed by atoms with Gasteiger partial charge < -0.3 is 19.7 Å². The lowest BCUT2D eigenvalue weighted by Gasteiger charge is -2.23. The van der Waals surface area contributed by atoms with E-state index >= 15 is 0 Å². The van der Waals surface area contributed by atoms with Gasteiger partial charge in [0.15, 0.2) is 5.96 Å². The molecule has 1 N–H and O–H groups in total. The van der Waals surface area contributed by atoms with Gasteiger partial charge in [0.05, 0.1) is 0 Å². The summed E-state index contributed by atoms with van der Waals surface area (Å²) >= 11 is 0. The van der Waals surface area contributed by atoms with Crippen LogP contribution in [0.5, 0.6) is 0 Å². The van der Waals surface area contributed by atoms with Crippen LogP contribution in [0.4, 0.5) is 0 Å².